The molecule has 4 heterocycles. The largest absolute Gasteiger partial charge is 0.391 e. The molecule has 11 heteroatoms. The minimum absolute atomic E-state index is 0.0776. The highest BCUT2D eigenvalue weighted by Gasteiger charge is 2.43. The maximum absolute atomic E-state index is 13.5. The third-order valence-electron chi connectivity index (χ3n) is 6.20. The van der Waals surface area contributed by atoms with E-state index in [1.165, 1.54) is 16.2 Å². The first-order valence-electron chi connectivity index (χ1n) is 11.6. The van der Waals surface area contributed by atoms with Crippen molar-refractivity contribution in [3.63, 3.8) is 0 Å². The van der Waals surface area contributed by atoms with E-state index in [0.717, 1.165) is 16.3 Å². The summed E-state index contributed by atoms with van der Waals surface area (Å²) in [4.78, 5) is 42.3. The van der Waals surface area contributed by atoms with E-state index in [0.29, 0.717) is 17.1 Å². The number of thiazole rings is 1. The van der Waals surface area contributed by atoms with Gasteiger partial charge in [-0.05, 0) is 26.7 Å². The zero-order valence-corrected chi connectivity index (χ0v) is 21.2. The van der Waals surface area contributed by atoms with Crippen molar-refractivity contribution in [2.24, 2.45) is 5.92 Å². The fourth-order valence-corrected chi connectivity index (χ4v) is 5.13. The lowest BCUT2D eigenvalue weighted by atomic mass is 9.91. The highest BCUT2D eigenvalue weighted by molar-refractivity contribution is 7.13. The second kappa shape index (κ2) is 10.2. The molecule has 0 radical (unpaired) electrons. The van der Waals surface area contributed by atoms with E-state index >= 15 is 0 Å². The molecule has 4 rings (SSSR count). The van der Waals surface area contributed by atoms with Gasteiger partial charge in [-0.3, -0.25) is 19.6 Å². The number of hydrogen-bond acceptors (Lipinski definition) is 9. The van der Waals surface area contributed by atoms with E-state index in [-0.39, 0.29) is 30.7 Å². The fourth-order valence-electron chi connectivity index (χ4n) is 4.36. The van der Waals surface area contributed by atoms with Crippen LogP contribution in [0.4, 0.5) is 0 Å². The molecule has 2 N–H and O–H groups in total. The number of aromatic nitrogens is 4. The van der Waals surface area contributed by atoms with Gasteiger partial charge in [0.1, 0.15) is 23.4 Å². The molecule has 3 aromatic rings. The van der Waals surface area contributed by atoms with Crippen LogP contribution in [0.2, 0.25) is 0 Å². The Morgan fingerprint density at radius 2 is 1.97 bits per heavy atom. The molecule has 35 heavy (non-hydrogen) atoms. The number of amides is 2. The molecule has 4 atom stereocenters. The lowest BCUT2D eigenvalue weighted by Crippen LogP contribution is -2.48. The number of carbonyl (C=O) groups is 2. The monoisotopic (exact) mass is 498 g/mol. The van der Waals surface area contributed by atoms with Crippen LogP contribution in [0.15, 0.2) is 28.5 Å². The molecule has 0 unspecified atom stereocenters. The van der Waals surface area contributed by atoms with Gasteiger partial charge in [0.05, 0.1) is 52.0 Å². The SMILES string of the molecule is Cc1cc([C@@H](C(=O)N2C[C@H](O)C[C@H]2C(=O)N[C@@H](C)c2cnc(-c3scnc3C)cn2)C(C)C)on1. The van der Waals surface area contributed by atoms with Gasteiger partial charge in [0, 0.05) is 19.0 Å². The van der Waals surface area contributed by atoms with Crippen LogP contribution in [0.25, 0.3) is 10.6 Å². The van der Waals surface area contributed by atoms with Crippen LogP contribution in [0.3, 0.4) is 0 Å². The van der Waals surface area contributed by atoms with Crippen molar-refractivity contribution < 1.29 is 19.2 Å². The molecule has 3 aromatic heterocycles. The summed E-state index contributed by atoms with van der Waals surface area (Å²) in [6, 6.07) is 0.513. The van der Waals surface area contributed by atoms with Crippen molar-refractivity contribution in [2.75, 3.05) is 6.54 Å². The number of rotatable bonds is 7. The number of aliphatic hydroxyl groups is 1. The minimum atomic E-state index is -0.794. The number of nitrogens with zero attached hydrogens (tertiary/aromatic N) is 5. The molecule has 2 amide bonds. The number of nitrogens with one attached hydrogen (secondary N) is 1. The average molecular weight is 499 g/mol. The second-order valence-electron chi connectivity index (χ2n) is 9.31. The van der Waals surface area contributed by atoms with Gasteiger partial charge in [0.15, 0.2) is 0 Å². The van der Waals surface area contributed by atoms with Gasteiger partial charge >= 0.3 is 0 Å². The normalized spacial score (nSPS) is 19.7. The maximum atomic E-state index is 13.5. The molecule has 1 aliphatic heterocycles. The third-order valence-corrected chi connectivity index (χ3v) is 7.15. The standard InChI is InChI=1S/C24H30N6O4S/c1-12(2)21(20-6-13(3)29-34-20)24(33)30-10-16(31)7-19(30)23(32)28-14(4)17-8-26-18(9-25-17)22-15(5)27-11-35-22/h6,8-9,11-12,14,16,19,21,31H,7,10H2,1-5H3,(H,28,32)/t14-,16+,19-,21-/m0/s1. The zero-order chi connectivity index (χ0) is 25.3. The van der Waals surface area contributed by atoms with Crippen LogP contribution in [0.1, 0.15) is 62.0 Å². The van der Waals surface area contributed by atoms with Crippen molar-refractivity contribution in [3.05, 3.63) is 46.8 Å². The van der Waals surface area contributed by atoms with Gasteiger partial charge in [-0.15, -0.1) is 11.3 Å². The van der Waals surface area contributed by atoms with E-state index in [1.54, 1.807) is 30.9 Å². The summed E-state index contributed by atoms with van der Waals surface area (Å²) in [6.07, 6.45) is 2.68. The topological polar surface area (TPSA) is 134 Å². The van der Waals surface area contributed by atoms with Gasteiger partial charge in [-0.1, -0.05) is 19.0 Å². The highest BCUT2D eigenvalue weighted by atomic mass is 32.1. The van der Waals surface area contributed by atoms with Crippen LogP contribution in [-0.4, -0.2) is 60.6 Å². The van der Waals surface area contributed by atoms with Gasteiger partial charge in [0.2, 0.25) is 11.8 Å². The molecular weight excluding hydrogens is 468 g/mol. The first kappa shape index (κ1) is 24.9. The van der Waals surface area contributed by atoms with Crippen LogP contribution in [0.5, 0.6) is 0 Å². The predicted molar refractivity (Wildman–Crippen MR) is 129 cm³/mol. The molecule has 10 nitrogen and oxygen atoms in total. The number of hydrogen-bond donors (Lipinski definition) is 2. The Kier molecular flexibility index (Phi) is 7.27. The maximum Gasteiger partial charge on any atom is 0.243 e. The Morgan fingerprint density at radius 1 is 1.20 bits per heavy atom. The molecule has 1 saturated heterocycles. The molecule has 1 fully saturated rings. The van der Waals surface area contributed by atoms with Gasteiger partial charge < -0.3 is 19.8 Å². The van der Waals surface area contributed by atoms with Crippen LogP contribution in [0, 0.1) is 19.8 Å². The van der Waals surface area contributed by atoms with Crippen molar-refractivity contribution in [1.82, 2.24) is 30.3 Å². The van der Waals surface area contributed by atoms with Crippen LogP contribution in [-0.2, 0) is 9.59 Å². The Labute approximate surface area is 207 Å². The molecule has 0 aromatic carbocycles. The zero-order valence-electron chi connectivity index (χ0n) is 20.4. The van der Waals surface area contributed by atoms with E-state index in [2.05, 4.69) is 25.4 Å². The Hall–Kier alpha value is -3.18. The summed E-state index contributed by atoms with van der Waals surface area (Å²) in [5.74, 6) is -0.815. The summed E-state index contributed by atoms with van der Waals surface area (Å²) < 4.78 is 5.38. The van der Waals surface area contributed by atoms with Crippen molar-refractivity contribution >= 4 is 23.2 Å². The number of aliphatic hydroxyl groups excluding tert-OH is 1. The smallest absolute Gasteiger partial charge is 0.243 e. The van der Waals surface area contributed by atoms with Crippen molar-refractivity contribution in [2.45, 2.75) is 65.1 Å². The Morgan fingerprint density at radius 3 is 2.54 bits per heavy atom. The molecule has 0 aliphatic carbocycles. The minimum Gasteiger partial charge on any atom is -0.391 e. The first-order valence-corrected chi connectivity index (χ1v) is 12.5. The van der Waals surface area contributed by atoms with E-state index in [4.69, 9.17) is 4.52 Å². The summed E-state index contributed by atoms with van der Waals surface area (Å²) in [7, 11) is 0. The van der Waals surface area contributed by atoms with Gasteiger partial charge in [-0.2, -0.15) is 0 Å². The number of likely N-dealkylation sites (tertiary alicyclic amines) is 1. The first-order chi connectivity index (χ1) is 16.7. The van der Waals surface area contributed by atoms with Crippen molar-refractivity contribution in [1.29, 1.82) is 0 Å². The van der Waals surface area contributed by atoms with Crippen LogP contribution < -0.4 is 5.32 Å². The molecule has 186 valence electrons. The second-order valence-corrected chi connectivity index (χ2v) is 10.2. The van der Waals surface area contributed by atoms with E-state index in [9.17, 15) is 14.7 Å². The summed E-state index contributed by atoms with van der Waals surface area (Å²) in [6.45, 7) is 9.44. The van der Waals surface area contributed by atoms with E-state index < -0.39 is 24.1 Å². The lowest BCUT2D eigenvalue weighted by molar-refractivity contribution is -0.141. The molecule has 0 spiro atoms. The lowest BCUT2D eigenvalue weighted by Gasteiger charge is -2.29. The fraction of sp³-hybridized carbons (Fsp3) is 0.500. The molecule has 0 saturated carbocycles. The third kappa shape index (κ3) is 5.25. The Bertz CT molecular complexity index is 1190. The Balaban J connectivity index is 1.47. The number of carbonyl (C=O) groups excluding carboxylic acids is 2. The summed E-state index contributed by atoms with van der Waals surface area (Å²) in [5.41, 5.74) is 4.66. The predicted octanol–water partition coefficient (Wildman–Crippen LogP) is 2.78. The van der Waals surface area contributed by atoms with Gasteiger partial charge in [0.25, 0.3) is 0 Å². The molecule has 0 bridgehead atoms. The highest BCUT2D eigenvalue weighted by Crippen LogP contribution is 2.31. The summed E-state index contributed by atoms with van der Waals surface area (Å²) in [5, 5.41) is 17.2. The van der Waals surface area contributed by atoms with Crippen LogP contribution >= 0.6 is 11.3 Å². The van der Waals surface area contributed by atoms with Gasteiger partial charge in [-0.25, -0.2) is 4.98 Å². The quantitative estimate of drug-likeness (QED) is 0.508. The average Bonchev–Trinajstić information content (AvgIpc) is 3.53. The number of β-amino-alcohol motifs (C(OH)–C–C–N with tert-alkyl or cyclic N) is 1. The summed E-state index contributed by atoms with van der Waals surface area (Å²) >= 11 is 1.50. The number of aryl methyl sites for hydroxylation is 2. The molecule has 1 aliphatic rings. The van der Waals surface area contributed by atoms with Crippen molar-refractivity contribution in [3.8, 4) is 10.6 Å². The molecular formula is C24H30N6O4S. The van der Waals surface area contributed by atoms with E-state index in [1.807, 2.05) is 27.7 Å².